The van der Waals surface area contributed by atoms with Gasteiger partial charge in [-0.1, -0.05) is 33.6 Å². The Labute approximate surface area is 134 Å². The highest BCUT2D eigenvalue weighted by molar-refractivity contribution is 9.11. The Hall–Kier alpha value is 0.0700. The SMILES string of the molecule is CCCNC(CCCC(C)C)c1ncc(Br)cc1Br. The molecule has 1 N–H and O–H groups in total. The predicted molar refractivity (Wildman–Crippen MR) is 89.4 cm³/mol. The maximum absolute atomic E-state index is 4.57. The van der Waals surface area contributed by atoms with Crippen LogP contribution in [0.1, 0.15) is 58.2 Å². The minimum Gasteiger partial charge on any atom is -0.309 e. The van der Waals surface area contributed by atoms with E-state index in [-0.39, 0.29) is 0 Å². The van der Waals surface area contributed by atoms with Crippen molar-refractivity contribution in [3.8, 4) is 0 Å². The third-order valence-electron chi connectivity index (χ3n) is 3.08. The van der Waals surface area contributed by atoms with Crippen LogP contribution in [0.15, 0.2) is 21.2 Å². The zero-order valence-electron chi connectivity index (χ0n) is 12.0. The molecular weight excluding hydrogens is 368 g/mol. The summed E-state index contributed by atoms with van der Waals surface area (Å²) in [5.41, 5.74) is 1.13. The molecule has 0 saturated heterocycles. The molecule has 0 fully saturated rings. The van der Waals surface area contributed by atoms with Gasteiger partial charge in [0, 0.05) is 15.1 Å². The summed E-state index contributed by atoms with van der Waals surface area (Å²) >= 11 is 7.08. The smallest absolute Gasteiger partial charge is 0.0715 e. The van der Waals surface area contributed by atoms with Gasteiger partial charge in [0.15, 0.2) is 0 Å². The van der Waals surface area contributed by atoms with E-state index in [0.717, 1.165) is 39.9 Å². The fourth-order valence-corrected chi connectivity index (χ4v) is 3.33. The van der Waals surface area contributed by atoms with Crippen LogP contribution < -0.4 is 5.32 Å². The van der Waals surface area contributed by atoms with Crippen molar-refractivity contribution in [2.24, 2.45) is 5.92 Å². The molecule has 1 atom stereocenters. The molecular formula is C15H24Br2N2. The van der Waals surface area contributed by atoms with Gasteiger partial charge < -0.3 is 5.32 Å². The Morgan fingerprint density at radius 1 is 1.26 bits per heavy atom. The number of halogens is 2. The Bertz CT molecular complexity index is 380. The first-order chi connectivity index (χ1) is 9.04. The van der Waals surface area contributed by atoms with Gasteiger partial charge in [0.2, 0.25) is 0 Å². The molecule has 0 saturated carbocycles. The minimum absolute atomic E-state index is 0.348. The van der Waals surface area contributed by atoms with Gasteiger partial charge in [-0.25, -0.2) is 0 Å². The fraction of sp³-hybridized carbons (Fsp3) is 0.667. The molecule has 1 rings (SSSR count). The molecule has 1 aromatic rings. The second-order valence-corrected chi connectivity index (χ2v) is 7.12. The topological polar surface area (TPSA) is 24.9 Å². The van der Waals surface area contributed by atoms with Gasteiger partial charge in [-0.15, -0.1) is 0 Å². The van der Waals surface area contributed by atoms with Crippen LogP contribution in [0, 0.1) is 5.92 Å². The average molecular weight is 392 g/mol. The standard InChI is InChI=1S/C15H24Br2N2/c1-4-8-18-14(7-5-6-11(2)3)15-13(17)9-12(16)10-19-15/h9-11,14,18H,4-8H2,1-3H3. The third kappa shape index (κ3) is 6.37. The van der Waals surface area contributed by atoms with E-state index in [4.69, 9.17) is 0 Å². The summed E-state index contributed by atoms with van der Waals surface area (Å²) in [7, 11) is 0. The summed E-state index contributed by atoms with van der Waals surface area (Å²) in [5.74, 6) is 0.771. The summed E-state index contributed by atoms with van der Waals surface area (Å²) in [6.45, 7) is 7.79. The lowest BCUT2D eigenvalue weighted by Crippen LogP contribution is -2.23. The summed E-state index contributed by atoms with van der Waals surface area (Å²) < 4.78 is 2.10. The predicted octanol–water partition coefficient (Wildman–Crippen LogP) is 5.47. The first-order valence-corrected chi connectivity index (χ1v) is 8.67. The van der Waals surface area contributed by atoms with Crippen LogP contribution in [0.4, 0.5) is 0 Å². The van der Waals surface area contributed by atoms with Gasteiger partial charge in [-0.3, -0.25) is 4.98 Å². The number of nitrogens with one attached hydrogen (secondary N) is 1. The Balaban J connectivity index is 2.71. The number of rotatable bonds is 8. The first-order valence-electron chi connectivity index (χ1n) is 7.09. The van der Waals surface area contributed by atoms with Crippen molar-refractivity contribution in [1.82, 2.24) is 10.3 Å². The van der Waals surface area contributed by atoms with E-state index in [1.165, 1.54) is 12.8 Å². The zero-order chi connectivity index (χ0) is 14.3. The van der Waals surface area contributed by atoms with Crippen molar-refractivity contribution < 1.29 is 0 Å². The molecule has 1 unspecified atom stereocenters. The van der Waals surface area contributed by atoms with Crippen LogP contribution in [0.5, 0.6) is 0 Å². The number of nitrogens with zero attached hydrogens (tertiary/aromatic N) is 1. The molecule has 0 radical (unpaired) electrons. The zero-order valence-corrected chi connectivity index (χ0v) is 15.2. The molecule has 4 heteroatoms. The summed E-state index contributed by atoms with van der Waals surface area (Å²) in [6, 6.07) is 2.42. The largest absolute Gasteiger partial charge is 0.309 e. The van der Waals surface area contributed by atoms with E-state index in [9.17, 15) is 0 Å². The van der Waals surface area contributed by atoms with Crippen LogP contribution >= 0.6 is 31.9 Å². The highest BCUT2D eigenvalue weighted by Gasteiger charge is 2.15. The highest BCUT2D eigenvalue weighted by Crippen LogP contribution is 2.28. The molecule has 19 heavy (non-hydrogen) atoms. The van der Waals surface area contributed by atoms with E-state index in [2.05, 4.69) is 69.0 Å². The van der Waals surface area contributed by atoms with E-state index in [0.29, 0.717) is 6.04 Å². The van der Waals surface area contributed by atoms with Crippen molar-refractivity contribution in [3.63, 3.8) is 0 Å². The Kier molecular flexibility index (Phi) is 8.19. The van der Waals surface area contributed by atoms with Gasteiger partial charge in [0.1, 0.15) is 0 Å². The van der Waals surface area contributed by atoms with Crippen molar-refractivity contribution in [1.29, 1.82) is 0 Å². The molecule has 0 bridgehead atoms. The first kappa shape index (κ1) is 17.1. The molecule has 1 aromatic heterocycles. The lowest BCUT2D eigenvalue weighted by molar-refractivity contribution is 0.440. The van der Waals surface area contributed by atoms with Crippen molar-refractivity contribution in [2.45, 2.75) is 52.5 Å². The fourth-order valence-electron chi connectivity index (χ4n) is 2.07. The third-order valence-corrected chi connectivity index (χ3v) is 4.15. The maximum atomic E-state index is 4.57. The van der Waals surface area contributed by atoms with E-state index in [1.54, 1.807) is 0 Å². The second-order valence-electron chi connectivity index (χ2n) is 5.35. The molecule has 2 nitrogen and oxygen atoms in total. The molecule has 0 aliphatic heterocycles. The quantitative estimate of drug-likeness (QED) is 0.635. The summed E-state index contributed by atoms with van der Waals surface area (Å²) in [4.78, 5) is 4.57. The van der Waals surface area contributed by atoms with Crippen LogP contribution in [0.3, 0.4) is 0 Å². The van der Waals surface area contributed by atoms with Crippen molar-refractivity contribution in [3.05, 3.63) is 26.9 Å². The van der Waals surface area contributed by atoms with Gasteiger partial charge in [-0.05, 0) is 63.2 Å². The van der Waals surface area contributed by atoms with Gasteiger partial charge in [-0.2, -0.15) is 0 Å². The maximum Gasteiger partial charge on any atom is 0.0715 e. The van der Waals surface area contributed by atoms with E-state index < -0.39 is 0 Å². The second kappa shape index (κ2) is 9.09. The number of hydrogen-bond acceptors (Lipinski definition) is 2. The Morgan fingerprint density at radius 2 is 2.00 bits per heavy atom. The van der Waals surface area contributed by atoms with Crippen molar-refractivity contribution in [2.75, 3.05) is 6.54 Å². The summed E-state index contributed by atoms with van der Waals surface area (Å²) in [6.07, 6.45) is 6.69. The Morgan fingerprint density at radius 3 is 2.58 bits per heavy atom. The molecule has 0 amide bonds. The number of hydrogen-bond donors (Lipinski definition) is 1. The molecule has 0 aliphatic rings. The van der Waals surface area contributed by atoms with Crippen LogP contribution in [-0.4, -0.2) is 11.5 Å². The normalized spacial score (nSPS) is 12.9. The number of aromatic nitrogens is 1. The lowest BCUT2D eigenvalue weighted by Gasteiger charge is -2.20. The van der Waals surface area contributed by atoms with E-state index >= 15 is 0 Å². The average Bonchev–Trinajstić information content (AvgIpc) is 2.34. The molecule has 0 aliphatic carbocycles. The van der Waals surface area contributed by atoms with Gasteiger partial charge >= 0.3 is 0 Å². The molecule has 1 heterocycles. The van der Waals surface area contributed by atoms with Crippen LogP contribution in [0.2, 0.25) is 0 Å². The molecule has 0 aromatic carbocycles. The van der Waals surface area contributed by atoms with E-state index in [1.807, 2.05) is 6.20 Å². The van der Waals surface area contributed by atoms with Crippen LogP contribution in [0.25, 0.3) is 0 Å². The van der Waals surface area contributed by atoms with Gasteiger partial charge in [0.25, 0.3) is 0 Å². The summed E-state index contributed by atoms with van der Waals surface area (Å²) in [5, 5.41) is 3.61. The lowest BCUT2D eigenvalue weighted by atomic mass is 10.0. The van der Waals surface area contributed by atoms with Gasteiger partial charge in [0.05, 0.1) is 11.7 Å². The van der Waals surface area contributed by atoms with Crippen LogP contribution in [-0.2, 0) is 0 Å². The highest BCUT2D eigenvalue weighted by atomic mass is 79.9. The molecule has 108 valence electrons. The number of pyridine rings is 1. The molecule has 0 spiro atoms. The minimum atomic E-state index is 0.348. The monoisotopic (exact) mass is 390 g/mol. The van der Waals surface area contributed by atoms with Crippen molar-refractivity contribution >= 4 is 31.9 Å².